The van der Waals surface area contributed by atoms with E-state index in [0.29, 0.717) is 6.54 Å². The fraction of sp³-hybridized carbons (Fsp3) is 0.261. The summed E-state index contributed by atoms with van der Waals surface area (Å²) in [6.45, 7) is 8.42. The smallest absolute Gasteiger partial charge is 0.0625 e. The lowest BCUT2D eigenvalue weighted by atomic mass is 10.2. The van der Waals surface area contributed by atoms with Gasteiger partial charge in [0.05, 0.1) is 36.7 Å². The topological polar surface area (TPSA) is 53.9 Å². The minimum Gasteiger partial charge on any atom is -0.384 e. The van der Waals surface area contributed by atoms with Crippen molar-refractivity contribution in [2.45, 2.75) is 40.4 Å². The third kappa shape index (κ3) is 5.39. The summed E-state index contributed by atoms with van der Waals surface area (Å²) in [4.78, 5) is 15.7. The van der Waals surface area contributed by atoms with Crippen molar-refractivity contribution in [3.8, 4) is 0 Å². The molecule has 0 spiro atoms. The highest BCUT2D eigenvalue weighted by atomic mass is 15.1. The number of aryl methyl sites for hydroxylation is 3. The molecule has 144 valence electrons. The lowest BCUT2D eigenvalue weighted by Crippen LogP contribution is -2.20. The summed E-state index contributed by atoms with van der Waals surface area (Å²) < 4.78 is 0. The summed E-state index contributed by atoms with van der Waals surface area (Å²) in [6, 6.07) is 12.2. The molecule has 0 amide bonds. The van der Waals surface area contributed by atoms with Gasteiger partial charge in [-0.3, -0.25) is 15.0 Å². The van der Waals surface area contributed by atoms with Crippen LogP contribution in [0.15, 0.2) is 67.4 Å². The minimum atomic E-state index is 0.697. The molecule has 0 saturated carbocycles. The molecule has 0 atom stereocenters. The van der Waals surface area contributed by atoms with Crippen molar-refractivity contribution >= 4 is 0 Å². The third-order valence-corrected chi connectivity index (χ3v) is 4.73. The van der Waals surface area contributed by atoms with E-state index in [0.717, 1.165) is 30.2 Å². The Bertz CT molecular complexity index is 888. The van der Waals surface area contributed by atoms with Gasteiger partial charge in [-0.1, -0.05) is 18.2 Å². The molecule has 1 N–H and O–H groups in total. The summed E-state index contributed by atoms with van der Waals surface area (Å²) in [5.74, 6) is 0. The van der Waals surface area contributed by atoms with E-state index in [-0.39, 0.29) is 0 Å². The maximum absolute atomic E-state index is 4.54. The van der Waals surface area contributed by atoms with Crippen LogP contribution in [0.2, 0.25) is 0 Å². The predicted molar refractivity (Wildman–Crippen MR) is 112 cm³/mol. The normalized spacial score (nSPS) is 11.0. The highest BCUT2D eigenvalue weighted by Crippen LogP contribution is 2.13. The number of hydrogen-bond donors (Lipinski definition) is 1. The van der Waals surface area contributed by atoms with Crippen molar-refractivity contribution in [1.82, 2.24) is 25.2 Å². The molecule has 28 heavy (non-hydrogen) atoms. The molecule has 0 aliphatic carbocycles. The lowest BCUT2D eigenvalue weighted by molar-refractivity contribution is 0.349. The molecule has 3 aromatic rings. The van der Waals surface area contributed by atoms with Gasteiger partial charge in [0.1, 0.15) is 0 Å². The van der Waals surface area contributed by atoms with Crippen molar-refractivity contribution in [2.75, 3.05) is 0 Å². The van der Waals surface area contributed by atoms with Crippen LogP contribution in [0.5, 0.6) is 0 Å². The van der Waals surface area contributed by atoms with Crippen molar-refractivity contribution < 1.29 is 0 Å². The molecule has 0 aromatic carbocycles. The molecule has 5 heteroatoms. The summed E-state index contributed by atoms with van der Waals surface area (Å²) in [7, 11) is 0. The first kappa shape index (κ1) is 19.5. The number of nitrogens with zero attached hydrogens (tertiary/aromatic N) is 4. The second-order valence-electron chi connectivity index (χ2n) is 6.90. The predicted octanol–water partition coefficient (Wildman–Crippen LogP) is 4.06. The van der Waals surface area contributed by atoms with Gasteiger partial charge >= 0.3 is 0 Å². The van der Waals surface area contributed by atoms with Crippen LogP contribution in [0.1, 0.15) is 33.8 Å². The fourth-order valence-electron chi connectivity index (χ4n) is 2.93. The number of rotatable bonds is 8. The molecule has 0 aliphatic heterocycles. The molecule has 0 bridgehead atoms. The zero-order chi connectivity index (χ0) is 19.8. The number of aromatic nitrogens is 3. The average Bonchev–Trinajstić information content (AvgIpc) is 2.70. The highest BCUT2D eigenvalue weighted by Gasteiger charge is 2.08. The first-order valence-electron chi connectivity index (χ1n) is 9.49. The van der Waals surface area contributed by atoms with Crippen LogP contribution in [0.4, 0.5) is 0 Å². The molecule has 0 unspecified atom stereocenters. The fourth-order valence-corrected chi connectivity index (χ4v) is 2.93. The van der Waals surface area contributed by atoms with E-state index in [1.807, 2.05) is 43.0 Å². The zero-order valence-corrected chi connectivity index (χ0v) is 16.8. The summed E-state index contributed by atoms with van der Waals surface area (Å²) >= 11 is 0. The van der Waals surface area contributed by atoms with Gasteiger partial charge in [-0.25, -0.2) is 0 Å². The van der Waals surface area contributed by atoms with E-state index in [4.69, 9.17) is 0 Å². The van der Waals surface area contributed by atoms with Crippen molar-refractivity contribution in [2.24, 2.45) is 0 Å². The van der Waals surface area contributed by atoms with Gasteiger partial charge in [0, 0.05) is 31.0 Å². The molecule has 0 radical (unpaired) electrons. The van der Waals surface area contributed by atoms with Crippen molar-refractivity contribution in [1.29, 1.82) is 0 Å². The van der Waals surface area contributed by atoms with Gasteiger partial charge in [-0.15, -0.1) is 0 Å². The molecule has 3 aromatic heterocycles. The molecule has 0 saturated heterocycles. The van der Waals surface area contributed by atoms with Gasteiger partial charge in [-0.05, 0) is 55.7 Å². The van der Waals surface area contributed by atoms with Crippen molar-refractivity contribution in [3.05, 3.63) is 101 Å². The standard InChI is InChI=1S/C23H27N5/c1-18-7-4-10-25-21(18)15-24-13-14-28(16-22-19(2)8-5-11-26-22)17-23-20(3)9-6-12-27-23/h4-14,24H,15-17H2,1-3H3. The van der Waals surface area contributed by atoms with Gasteiger partial charge in [0.15, 0.2) is 0 Å². The van der Waals surface area contributed by atoms with Crippen molar-refractivity contribution in [3.63, 3.8) is 0 Å². The van der Waals surface area contributed by atoms with Crippen LogP contribution in [-0.2, 0) is 19.6 Å². The molecule has 0 aliphatic rings. The summed E-state index contributed by atoms with van der Waals surface area (Å²) in [5, 5.41) is 3.35. The van der Waals surface area contributed by atoms with Crippen LogP contribution in [0.25, 0.3) is 0 Å². The Labute approximate surface area is 167 Å². The van der Waals surface area contributed by atoms with Crippen LogP contribution >= 0.6 is 0 Å². The molecule has 3 rings (SSSR count). The third-order valence-electron chi connectivity index (χ3n) is 4.73. The molecule has 5 nitrogen and oxygen atoms in total. The second kappa shape index (κ2) is 9.65. The first-order chi connectivity index (χ1) is 13.6. The molecule has 3 heterocycles. The van der Waals surface area contributed by atoms with Crippen LogP contribution in [-0.4, -0.2) is 19.9 Å². The van der Waals surface area contributed by atoms with Gasteiger partial charge in [0.2, 0.25) is 0 Å². The summed E-state index contributed by atoms with van der Waals surface area (Å²) in [6.07, 6.45) is 9.57. The van der Waals surface area contributed by atoms with E-state index in [2.05, 4.69) is 70.3 Å². The Morgan fingerprint density at radius 1 is 0.750 bits per heavy atom. The maximum Gasteiger partial charge on any atom is 0.0625 e. The first-order valence-corrected chi connectivity index (χ1v) is 9.49. The Hall–Kier alpha value is -3.21. The molecule has 0 fully saturated rings. The molecular weight excluding hydrogens is 346 g/mol. The largest absolute Gasteiger partial charge is 0.384 e. The maximum atomic E-state index is 4.54. The highest BCUT2D eigenvalue weighted by molar-refractivity contribution is 5.21. The van der Waals surface area contributed by atoms with E-state index in [1.165, 1.54) is 16.7 Å². The number of hydrogen-bond acceptors (Lipinski definition) is 5. The average molecular weight is 374 g/mol. The number of nitrogens with one attached hydrogen (secondary N) is 1. The lowest BCUT2D eigenvalue weighted by Gasteiger charge is -2.21. The quantitative estimate of drug-likeness (QED) is 0.645. The monoisotopic (exact) mass is 373 g/mol. The van der Waals surface area contributed by atoms with E-state index in [9.17, 15) is 0 Å². The van der Waals surface area contributed by atoms with Gasteiger partial charge < -0.3 is 10.2 Å². The number of pyridine rings is 3. The molecular formula is C23H27N5. The van der Waals surface area contributed by atoms with Crippen LogP contribution in [0.3, 0.4) is 0 Å². The second-order valence-corrected chi connectivity index (χ2v) is 6.90. The summed E-state index contributed by atoms with van der Waals surface area (Å²) in [5.41, 5.74) is 6.77. The van der Waals surface area contributed by atoms with Gasteiger partial charge in [0.25, 0.3) is 0 Å². The SMILES string of the molecule is Cc1cccnc1CNC=CN(Cc1ncccc1C)Cc1ncccc1C. The van der Waals surface area contributed by atoms with E-state index < -0.39 is 0 Å². The Morgan fingerprint density at radius 3 is 1.68 bits per heavy atom. The Morgan fingerprint density at radius 2 is 1.21 bits per heavy atom. The van der Waals surface area contributed by atoms with Crippen LogP contribution < -0.4 is 5.32 Å². The van der Waals surface area contributed by atoms with Gasteiger partial charge in [-0.2, -0.15) is 0 Å². The Kier molecular flexibility index (Phi) is 6.73. The van der Waals surface area contributed by atoms with E-state index >= 15 is 0 Å². The Balaban J connectivity index is 1.71. The van der Waals surface area contributed by atoms with E-state index in [1.54, 1.807) is 0 Å². The zero-order valence-electron chi connectivity index (χ0n) is 16.8. The van der Waals surface area contributed by atoms with Crippen LogP contribution in [0, 0.1) is 20.8 Å². The minimum absolute atomic E-state index is 0.697.